The van der Waals surface area contributed by atoms with Crippen molar-refractivity contribution in [3.8, 4) is 5.75 Å². The maximum Gasteiger partial charge on any atom is 0.246 e. The number of amides is 1. The third-order valence-electron chi connectivity index (χ3n) is 3.55. The van der Waals surface area contributed by atoms with E-state index in [1.165, 1.54) is 0 Å². The lowest BCUT2D eigenvalue weighted by Gasteiger charge is -2.20. The van der Waals surface area contributed by atoms with Crippen molar-refractivity contribution in [2.75, 3.05) is 25.9 Å². The fourth-order valence-corrected chi connectivity index (χ4v) is 2.16. The molecule has 4 heteroatoms. The summed E-state index contributed by atoms with van der Waals surface area (Å²) < 4.78 is 5.13. The van der Waals surface area contributed by atoms with E-state index in [2.05, 4.69) is 13.8 Å². The normalized spacial score (nSPS) is 10.9. The van der Waals surface area contributed by atoms with Crippen molar-refractivity contribution in [1.29, 1.82) is 0 Å². The molecule has 122 valence electrons. The van der Waals surface area contributed by atoms with Gasteiger partial charge in [-0.15, -0.1) is 0 Å². The fourth-order valence-electron chi connectivity index (χ4n) is 2.16. The first-order valence-electron chi connectivity index (χ1n) is 8.02. The fraction of sp³-hybridized carbons (Fsp3) is 0.500. The van der Waals surface area contributed by atoms with Crippen LogP contribution >= 0.6 is 0 Å². The van der Waals surface area contributed by atoms with E-state index in [1.54, 1.807) is 13.2 Å². The van der Waals surface area contributed by atoms with Crippen LogP contribution in [0, 0.1) is 0 Å². The molecule has 0 aliphatic carbocycles. The second kappa shape index (κ2) is 9.87. The molecule has 0 atom stereocenters. The molecule has 0 fully saturated rings. The van der Waals surface area contributed by atoms with E-state index in [-0.39, 0.29) is 5.91 Å². The summed E-state index contributed by atoms with van der Waals surface area (Å²) in [7, 11) is 1.59. The molecular formula is C18H28N2O2. The third kappa shape index (κ3) is 5.80. The first-order valence-corrected chi connectivity index (χ1v) is 8.02. The average Bonchev–Trinajstić information content (AvgIpc) is 2.53. The molecule has 1 amide bonds. The summed E-state index contributed by atoms with van der Waals surface area (Å²) in [4.78, 5) is 14.2. The molecule has 0 bridgehead atoms. The number of carbonyl (C=O) groups excluding carboxylic acids is 1. The van der Waals surface area contributed by atoms with E-state index in [1.807, 2.05) is 29.2 Å². The van der Waals surface area contributed by atoms with Gasteiger partial charge in [-0.3, -0.25) is 4.79 Å². The zero-order valence-corrected chi connectivity index (χ0v) is 14.0. The number of nitrogens with zero attached hydrogens (tertiary/aromatic N) is 1. The van der Waals surface area contributed by atoms with Crippen LogP contribution in [0.2, 0.25) is 0 Å². The van der Waals surface area contributed by atoms with E-state index < -0.39 is 0 Å². The molecule has 0 spiro atoms. The first kappa shape index (κ1) is 18.1. The Kier molecular flexibility index (Phi) is 8.11. The van der Waals surface area contributed by atoms with Crippen molar-refractivity contribution < 1.29 is 9.53 Å². The Morgan fingerprint density at radius 3 is 2.36 bits per heavy atom. The van der Waals surface area contributed by atoms with Crippen molar-refractivity contribution in [2.24, 2.45) is 0 Å². The second-order valence-corrected chi connectivity index (χ2v) is 5.37. The average molecular weight is 304 g/mol. The smallest absolute Gasteiger partial charge is 0.246 e. The molecule has 2 N–H and O–H groups in total. The standard InChI is InChI=1S/C18H28N2O2/c1-4-6-12-20(13-7-5-2)18(21)11-9-15-8-10-17(22-3)16(19)14-15/h8-11,14H,4-7,12-13,19H2,1-3H3/b11-9-. The van der Waals surface area contributed by atoms with Gasteiger partial charge >= 0.3 is 0 Å². The van der Waals surface area contributed by atoms with Crippen LogP contribution in [-0.2, 0) is 4.79 Å². The van der Waals surface area contributed by atoms with Gasteiger partial charge in [0.2, 0.25) is 5.91 Å². The number of anilines is 1. The number of carbonyl (C=O) groups is 1. The zero-order valence-electron chi connectivity index (χ0n) is 14.0. The molecule has 0 unspecified atom stereocenters. The number of ether oxygens (including phenoxy) is 1. The minimum Gasteiger partial charge on any atom is -0.495 e. The number of rotatable bonds is 9. The van der Waals surface area contributed by atoms with E-state index in [9.17, 15) is 4.79 Å². The van der Waals surface area contributed by atoms with Crippen molar-refractivity contribution >= 4 is 17.7 Å². The molecular weight excluding hydrogens is 276 g/mol. The molecule has 0 aliphatic heterocycles. The molecule has 1 aromatic carbocycles. The Bertz CT molecular complexity index is 490. The van der Waals surface area contributed by atoms with E-state index in [0.29, 0.717) is 11.4 Å². The van der Waals surface area contributed by atoms with Crippen LogP contribution < -0.4 is 10.5 Å². The van der Waals surface area contributed by atoms with Crippen LogP contribution in [0.25, 0.3) is 6.08 Å². The topological polar surface area (TPSA) is 55.6 Å². The van der Waals surface area contributed by atoms with Gasteiger partial charge in [-0.25, -0.2) is 0 Å². The summed E-state index contributed by atoms with van der Waals surface area (Å²) in [6.45, 7) is 5.92. The molecule has 0 saturated heterocycles. The van der Waals surface area contributed by atoms with Crippen molar-refractivity contribution in [2.45, 2.75) is 39.5 Å². The quantitative estimate of drug-likeness (QED) is 0.559. The maximum atomic E-state index is 12.3. The van der Waals surface area contributed by atoms with Gasteiger partial charge in [-0.2, -0.15) is 0 Å². The SMILES string of the molecule is CCCCN(CCCC)C(=O)/C=C\c1ccc(OC)c(N)c1. The van der Waals surface area contributed by atoms with E-state index in [0.717, 1.165) is 44.3 Å². The van der Waals surface area contributed by atoms with Gasteiger partial charge in [0, 0.05) is 19.2 Å². The summed E-state index contributed by atoms with van der Waals surface area (Å²) in [5.74, 6) is 0.715. The van der Waals surface area contributed by atoms with Gasteiger partial charge in [0.25, 0.3) is 0 Å². The van der Waals surface area contributed by atoms with Crippen LogP contribution in [-0.4, -0.2) is 31.0 Å². The third-order valence-corrected chi connectivity index (χ3v) is 3.55. The molecule has 0 heterocycles. The molecule has 0 saturated carbocycles. The minimum absolute atomic E-state index is 0.0660. The van der Waals surface area contributed by atoms with Crippen LogP contribution in [0.1, 0.15) is 45.1 Å². The highest BCUT2D eigenvalue weighted by atomic mass is 16.5. The molecule has 0 aromatic heterocycles. The van der Waals surface area contributed by atoms with Gasteiger partial charge < -0.3 is 15.4 Å². The van der Waals surface area contributed by atoms with Crippen molar-refractivity contribution in [1.82, 2.24) is 4.90 Å². The van der Waals surface area contributed by atoms with E-state index in [4.69, 9.17) is 10.5 Å². The maximum absolute atomic E-state index is 12.3. The van der Waals surface area contributed by atoms with Crippen LogP contribution in [0.3, 0.4) is 0 Å². The van der Waals surface area contributed by atoms with Gasteiger partial charge in [0.05, 0.1) is 12.8 Å². The second-order valence-electron chi connectivity index (χ2n) is 5.37. The van der Waals surface area contributed by atoms with E-state index >= 15 is 0 Å². The van der Waals surface area contributed by atoms with Crippen LogP contribution in [0.4, 0.5) is 5.69 Å². The number of unbranched alkanes of at least 4 members (excludes halogenated alkanes) is 2. The summed E-state index contributed by atoms with van der Waals surface area (Å²) in [6, 6.07) is 5.51. The number of hydrogen-bond donors (Lipinski definition) is 1. The molecule has 0 aliphatic rings. The first-order chi connectivity index (χ1) is 10.6. The van der Waals surface area contributed by atoms with Crippen molar-refractivity contribution in [3.63, 3.8) is 0 Å². The van der Waals surface area contributed by atoms with Gasteiger partial charge in [0.1, 0.15) is 5.75 Å². The Morgan fingerprint density at radius 1 is 1.23 bits per heavy atom. The molecule has 22 heavy (non-hydrogen) atoms. The summed E-state index contributed by atoms with van der Waals surface area (Å²) >= 11 is 0. The Balaban J connectivity index is 2.71. The molecule has 1 rings (SSSR count). The highest BCUT2D eigenvalue weighted by Gasteiger charge is 2.09. The lowest BCUT2D eigenvalue weighted by molar-refractivity contribution is -0.126. The highest BCUT2D eigenvalue weighted by molar-refractivity contribution is 5.92. The number of nitrogens with two attached hydrogens (primary N) is 1. The van der Waals surface area contributed by atoms with Crippen molar-refractivity contribution in [3.05, 3.63) is 29.8 Å². The van der Waals surface area contributed by atoms with Crippen LogP contribution in [0.5, 0.6) is 5.75 Å². The lowest BCUT2D eigenvalue weighted by atomic mass is 10.1. The minimum atomic E-state index is 0.0660. The number of nitrogen functional groups attached to an aromatic ring is 1. The summed E-state index contributed by atoms with van der Waals surface area (Å²) in [5.41, 5.74) is 7.35. The molecule has 4 nitrogen and oxygen atoms in total. The largest absolute Gasteiger partial charge is 0.495 e. The van der Waals surface area contributed by atoms with Crippen LogP contribution in [0.15, 0.2) is 24.3 Å². The highest BCUT2D eigenvalue weighted by Crippen LogP contribution is 2.22. The Hall–Kier alpha value is -1.97. The lowest BCUT2D eigenvalue weighted by Crippen LogP contribution is -2.31. The molecule has 1 aromatic rings. The number of benzene rings is 1. The number of methoxy groups -OCH3 is 1. The summed E-state index contributed by atoms with van der Waals surface area (Å²) in [6.07, 6.45) is 7.70. The predicted molar refractivity (Wildman–Crippen MR) is 92.8 cm³/mol. The zero-order chi connectivity index (χ0) is 16.4. The predicted octanol–water partition coefficient (Wildman–Crippen LogP) is 3.72. The summed E-state index contributed by atoms with van der Waals surface area (Å²) in [5, 5.41) is 0. The monoisotopic (exact) mass is 304 g/mol. The Morgan fingerprint density at radius 2 is 1.86 bits per heavy atom. The van der Waals surface area contributed by atoms with Gasteiger partial charge in [0.15, 0.2) is 0 Å². The molecule has 0 radical (unpaired) electrons. The Labute approximate surface area is 133 Å². The number of hydrogen-bond acceptors (Lipinski definition) is 3. The van der Waals surface area contributed by atoms with Gasteiger partial charge in [-0.1, -0.05) is 32.8 Å². The van der Waals surface area contributed by atoms with Gasteiger partial charge in [-0.05, 0) is 36.6 Å².